The molecule has 7 atom stereocenters. The second kappa shape index (κ2) is 7.71. The van der Waals surface area contributed by atoms with Gasteiger partial charge in [-0.3, -0.25) is 14.5 Å². The summed E-state index contributed by atoms with van der Waals surface area (Å²) in [6.07, 6.45) is 5.50. The summed E-state index contributed by atoms with van der Waals surface area (Å²) in [6.45, 7) is 0. The lowest BCUT2D eigenvalue weighted by atomic mass is 9.63. The van der Waals surface area contributed by atoms with Gasteiger partial charge in [0.2, 0.25) is 11.8 Å². The minimum absolute atomic E-state index is 0.0885. The van der Waals surface area contributed by atoms with Gasteiger partial charge >= 0.3 is 5.97 Å². The Morgan fingerprint density at radius 2 is 1.61 bits per heavy atom. The highest BCUT2D eigenvalue weighted by Crippen LogP contribution is 2.65. The molecule has 2 aromatic rings. The lowest BCUT2D eigenvalue weighted by molar-refractivity contribution is -0.153. The minimum atomic E-state index is -1.07. The number of carbonyl (C=O) groups is 3. The van der Waals surface area contributed by atoms with Crippen molar-refractivity contribution in [3.8, 4) is 5.75 Å². The first-order valence-electron chi connectivity index (χ1n) is 11.2. The van der Waals surface area contributed by atoms with Gasteiger partial charge in [0.15, 0.2) is 0 Å². The van der Waals surface area contributed by atoms with Crippen LogP contribution in [0.3, 0.4) is 0 Å². The van der Waals surface area contributed by atoms with Crippen molar-refractivity contribution in [2.75, 3.05) is 0 Å². The predicted octanol–water partition coefficient (Wildman–Crippen LogP) is 4.56. The number of carbonyl (C=O) groups excluding carboxylic acids is 3. The lowest BCUT2D eigenvalue weighted by Crippen LogP contribution is -2.48. The van der Waals surface area contributed by atoms with Crippen LogP contribution in [0, 0.1) is 35.5 Å². The summed E-state index contributed by atoms with van der Waals surface area (Å²) < 4.78 is 5.60. The average Bonchev–Trinajstić information content (AvgIpc) is 3.59. The third-order valence-corrected chi connectivity index (χ3v) is 8.19. The Balaban J connectivity index is 1.34. The van der Waals surface area contributed by atoms with Gasteiger partial charge in [0.25, 0.3) is 0 Å². The zero-order valence-electron chi connectivity index (χ0n) is 17.6. The summed E-state index contributed by atoms with van der Waals surface area (Å²) in [5, 5.41) is 0.598. The number of imide groups is 1. The molecule has 7 heteroatoms. The van der Waals surface area contributed by atoms with Gasteiger partial charge in [-0.2, -0.15) is 0 Å². The van der Waals surface area contributed by atoms with E-state index in [4.69, 9.17) is 27.9 Å². The Bertz CT molecular complexity index is 1160. The van der Waals surface area contributed by atoms with Crippen molar-refractivity contribution in [3.63, 3.8) is 0 Å². The molecule has 3 fully saturated rings. The van der Waals surface area contributed by atoms with Gasteiger partial charge in [0, 0.05) is 11.4 Å². The number of rotatable bonds is 5. The number of benzene rings is 2. The van der Waals surface area contributed by atoms with E-state index in [9.17, 15) is 14.4 Å². The van der Waals surface area contributed by atoms with E-state index in [1.165, 1.54) is 17.0 Å². The smallest absolute Gasteiger partial charge is 0.335 e. The molecule has 1 heterocycles. The van der Waals surface area contributed by atoms with Gasteiger partial charge in [-0.05, 0) is 53.9 Å². The van der Waals surface area contributed by atoms with Crippen LogP contribution < -0.4 is 4.74 Å². The normalized spacial score (nSPS) is 31.9. The number of likely N-dealkylation sites (tertiary alicyclic amines) is 1. The first-order valence-corrected chi connectivity index (χ1v) is 12.0. The largest absolute Gasteiger partial charge is 0.423 e. The van der Waals surface area contributed by atoms with Crippen molar-refractivity contribution in [2.24, 2.45) is 35.5 Å². The van der Waals surface area contributed by atoms with Gasteiger partial charge < -0.3 is 4.74 Å². The number of hydrogen-bond acceptors (Lipinski definition) is 4. The fraction of sp³-hybridized carbons (Fsp3) is 0.346. The molecule has 0 spiro atoms. The second-order valence-electron chi connectivity index (χ2n) is 9.40. The fourth-order valence-corrected chi connectivity index (χ4v) is 6.59. The number of amides is 2. The first kappa shape index (κ1) is 20.9. The topological polar surface area (TPSA) is 63.7 Å². The van der Waals surface area contributed by atoms with Gasteiger partial charge in [-0.1, -0.05) is 65.7 Å². The summed E-state index contributed by atoms with van der Waals surface area (Å²) in [7, 11) is 0. The third-order valence-electron chi connectivity index (χ3n) is 7.66. The van der Waals surface area contributed by atoms with E-state index in [1.54, 1.807) is 6.07 Å². The Morgan fingerprint density at radius 3 is 2.21 bits per heavy atom. The van der Waals surface area contributed by atoms with Crippen molar-refractivity contribution in [1.29, 1.82) is 0 Å². The van der Waals surface area contributed by atoms with E-state index in [2.05, 4.69) is 12.2 Å². The van der Waals surface area contributed by atoms with Crippen LogP contribution in [0.25, 0.3) is 0 Å². The maximum absolute atomic E-state index is 13.6. The maximum atomic E-state index is 13.6. The Labute approximate surface area is 201 Å². The quantitative estimate of drug-likeness (QED) is 0.271. The number of halogens is 2. The third kappa shape index (κ3) is 3.32. The van der Waals surface area contributed by atoms with Gasteiger partial charge in [0.05, 0.1) is 16.9 Å². The number of allylic oxidation sites excluding steroid dienone is 2. The van der Waals surface area contributed by atoms with Gasteiger partial charge in [-0.25, -0.2) is 4.79 Å². The molecule has 2 saturated carbocycles. The monoisotopic (exact) mass is 481 g/mol. The Hall–Kier alpha value is -2.63. The molecule has 168 valence electrons. The van der Waals surface area contributed by atoms with E-state index in [0.29, 0.717) is 16.9 Å². The van der Waals surface area contributed by atoms with Crippen molar-refractivity contribution in [2.45, 2.75) is 18.9 Å². The van der Waals surface area contributed by atoms with E-state index in [-0.39, 0.29) is 52.7 Å². The molecule has 0 unspecified atom stereocenters. The summed E-state index contributed by atoms with van der Waals surface area (Å²) in [5.74, 6) is -0.642. The summed E-state index contributed by atoms with van der Waals surface area (Å²) in [5.41, 5.74) is 0.834. The zero-order chi connectivity index (χ0) is 22.9. The molecular formula is C26H21Cl2NO4. The summed E-state index contributed by atoms with van der Waals surface area (Å²) in [4.78, 5) is 41.8. The lowest BCUT2D eigenvalue weighted by Gasteiger charge is -2.37. The molecule has 0 aromatic heterocycles. The molecule has 1 aliphatic heterocycles. The molecule has 5 aliphatic rings. The molecule has 7 rings (SSSR count). The van der Waals surface area contributed by atoms with Crippen LogP contribution >= 0.6 is 23.2 Å². The SMILES string of the molecule is O=C(Oc1ccc(Cl)cc1Cl)[C@@H](Cc1ccccc1)N1C(=O)[C@H]2[C@@H]3C=C[C@H]([C@H]4C[C@H]34)[C@@H]2C1=O. The number of hydrogen-bond donors (Lipinski definition) is 0. The van der Waals surface area contributed by atoms with Crippen LogP contribution in [0.1, 0.15) is 12.0 Å². The minimum Gasteiger partial charge on any atom is -0.423 e. The molecule has 4 aliphatic carbocycles. The van der Waals surface area contributed by atoms with Gasteiger partial charge in [-0.15, -0.1) is 0 Å². The maximum Gasteiger partial charge on any atom is 0.335 e. The summed E-state index contributed by atoms with van der Waals surface area (Å²) >= 11 is 12.2. The molecular weight excluding hydrogens is 461 g/mol. The standard InChI is InChI=1S/C26H21Cl2NO4/c27-14-6-9-21(19(28)11-14)33-26(32)20(10-13-4-2-1-3-5-13)29-24(30)22-15-7-8-16(18-12-17(15)18)23(22)25(29)31/h1-9,11,15-18,20,22-23H,10,12H2/t15-,16-,17-,18-,20-,22+,23+/m1/s1. The van der Waals surface area contributed by atoms with Crippen molar-refractivity contribution < 1.29 is 19.1 Å². The average molecular weight is 482 g/mol. The number of nitrogens with zero attached hydrogens (tertiary/aromatic N) is 1. The van der Waals surface area contributed by atoms with Crippen LogP contribution in [0.5, 0.6) is 5.75 Å². The first-order chi connectivity index (χ1) is 15.9. The van der Waals surface area contributed by atoms with E-state index >= 15 is 0 Å². The molecule has 5 nitrogen and oxygen atoms in total. The molecule has 2 amide bonds. The Morgan fingerprint density at radius 1 is 0.970 bits per heavy atom. The van der Waals surface area contributed by atoms with Crippen LogP contribution in [0.4, 0.5) is 0 Å². The molecule has 1 saturated heterocycles. The molecule has 2 bridgehead atoms. The molecule has 0 radical (unpaired) electrons. The van der Waals surface area contributed by atoms with Crippen LogP contribution in [-0.2, 0) is 20.8 Å². The highest BCUT2D eigenvalue weighted by Gasteiger charge is 2.68. The van der Waals surface area contributed by atoms with Crippen molar-refractivity contribution >= 4 is 41.0 Å². The fourth-order valence-electron chi connectivity index (χ4n) is 6.14. The van der Waals surface area contributed by atoms with Crippen LogP contribution in [0.15, 0.2) is 60.7 Å². The van der Waals surface area contributed by atoms with E-state index < -0.39 is 12.0 Å². The van der Waals surface area contributed by atoms with E-state index in [0.717, 1.165) is 12.0 Å². The van der Waals surface area contributed by atoms with Crippen LogP contribution in [0.2, 0.25) is 10.0 Å². The molecule has 33 heavy (non-hydrogen) atoms. The highest BCUT2D eigenvalue weighted by atomic mass is 35.5. The van der Waals surface area contributed by atoms with Crippen molar-refractivity contribution in [3.05, 3.63) is 76.3 Å². The summed E-state index contributed by atoms with van der Waals surface area (Å²) in [6, 6.07) is 12.8. The highest BCUT2D eigenvalue weighted by molar-refractivity contribution is 6.35. The molecule has 2 aromatic carbocycles. The van der Waals surface area contributed by atoms with Crippen molar-refractivity contribution in [1.82, 2.24) is 4.90 Å². The zero-order valence-corrected chi connectivity index (χ0v) is 19.1. The number of ether oxygens (including phenoxy) is 1. The Kier molecular flexibility index (Phi) is 4.89. The van der Waals surface area contributed by atoms with Gasteiger partial charge in [0.1, 0.15) is 11.8 Å². The van der Waals surface area contributed by atoms with E-state index in [1.807, 2.05) is 30.3 Å². The number of esters is 1. The van der Waals surface area contributed by atoms with Crippen LogP contribution in [-0.4, -0.2) is 28.7 Å². The predicted molar refractivity (Wildman–Crippen MR) is 123 cm³/mol. The second-order valence-corrected chi connectivity index (χ2v) is 10.2. The molecule has 0 N–H and O–H groups in total.